The molecule has 0 amide bonds. The van der Waals surface area contributed by atoms with E-state index in [-0.39, 0.29) is 52.8 Å². The third kappa shape index (κ3) is 24.0. The molecule has 0 aliphatic carbocycles. The summed E-state index contributed by atoms with van der Waals surface area (Å²) < 4.78 is 4.71. The van der Waals surface area contributed by atoms with Gasteiger partial charge in [-0.1, -0.05) is 88.7 Å². The molecule has 4 heteroatoms. The quantitative estimate of drug-likeness (QED) is 0.0674. The van der Waals surface area contributed by atoms with Crippen LogP contribution in [0.15, 0.2) is 36.5 Å². The topological polar surface area (TPSA) is 43.4 Å². The average molecular weight is 417 g/mol. The van der Waals surface area contributed by atoms with E-state index >= 15 is 0 Å². The van der Waals surface area contributed by atoms with Gasteiger partial charge in [-0.25, -0.2) is 4.79 Å². The monoisotopic (exact) mass is 416 g/mol. The second kappa shape index (κ2) is 25.0. The first-order chi connectivity index (χ1) is 13.2. The van der Waals surface area contributed by atoms with Crippen LogP contribution in [0.25, 0.3) is 0 Å². The molecule has 0 N–H and O–H groups in total. The molecular weight excluding hydrogens is 375 g/mol. The number of hydrogen-bond donors (Lipinski definition) is 0. The molecule has 0 heterocycles. The summed E-state index contributed by atoms with van der Waals surface area (Å²) in [4.78, 5) is 22.8. The van der Waals surface area contributed by atoms with Gasteiger partial charge in [0.25, 0.3) is 0 Å². The molecule has 0 aliphatic heterocycles. The molecule has 0 aromatic carbocycles. The summed E-state index contributed by atoms with van der Waals surface area (Å²) in [6, 6.07) is 0. The van der Waals surface area contributed by atoms with Gasteiger partial charge in [-0.05, 0) is 39.0 Å². The molecule has 3 nitrogen and oxygen atoms in total. The molecule has 0 unspecified atom stereocenters. The van der Waals surface area contributed by atoms with Gasteiger partial charge in [-0.3, -0.25) is 4.79 Å². The van der Waals surface area contributed by atoms with E-state index in [9.17, 15) is 9.59 Å². The SMILES string of the molecule is C/C=C/C=C/C(=O)OC(=O)CCCCCCC/C=C\CCCCCCCC.[H-].[K+]. The van der Waals surface area contributed by atoms with E-state index < -0.39 is 11.9 Å². The van der Waals surface area contributed by atoms with Gasteiger partial charge in [-0.15, -0.1) is 0 Å². The van der Waals surface area contributed by atoms with E-state index in [0.717, 1.165) is 25.7 Å². The van der Waals surface area contributed by atoms with Gasteiger partial charge in [-0.2, -0.15) is 0 Å². The van der Waals surface area contributed by atoms with Crippen molar-refractivity contribution in [1.82, 2.24) is 0 Å². The van der Waals surface area contributed by atoms with Gasteiger partial charge in [0.15, 0.2) is 0 Å². The number of hydrogen-bond acceptors (Lipinski definition) is 3. The van der Waals surface area contributed by atoms with Crippen LogP contribution in [0, 0.1) is 0 Å². The summed E-state index contributed by atoms with van der Waals surface area (Å²) in [6.07, 6.45) is 27.2. The molecule has 0 saturated heterocycles. The molecule has 0 spiro atoms. The van der Waals surface area contributed by atoms with E-state index in [1.807, 2.05) is 6.92 Å². The number of allylic oxidation sites excluding steroid dienone is 5. The number of carbonyl (C=O) groups is 2. The van der Waals surface area contributed by atoms with Crippen molar-refractivity contribution in [2.45, 2.75) is 104 Å². The van der Waals surface area contributed by atoms with Crippen LogP contribution in [0.1, 0.15) is 105 Å². The Labute approximate surface area is 217 Å². The molecule has 0 saturated carbocycles. The molecule has 0 bridgehead atoms. The molecule has 0 fully saturated rings. The number of carbonyl (C=O) groups excluding carboxylic acids is 2. The van der Waals surface area contributed by atoms with Crippen LogP contribution in [0.3, 0.4) is 0 Å². The zero-order valence-corrected chi connectivity index (χ0v) is 21.7. The number of unbranched alkanes of at least 4 members (excludes halogenated alkanes) is 11. The fourth-order valence-corrected chi connectivity index (χ4v) is 2.78. The fraction of sp³-hybridized carbons (Fsp3) is 0.667. The minimum absolute atomic E-state index is 0. The van der Waals surface area contributed by atoms with Crippen LogP contribution < -0.4 is 51.4 Å². The van der Waals surface area contributed by atoms with Crippen LogP contribution in [-0.2, 0) is 14.3 Å². The van der Waals surface area contributed by atoms with E-state index in [2.05, 4.69) is 19.1 Å². The normalized spacial score (nSPS) is 11.4. The van der Waals surface area contributed by atoms with Gasteiger partial charge in [0.05, 0.1) is 0 Å². The van der Waals surface area contributed by atoms with E-state index in [4.69, 9.17) is 4.74 Å². The van der Waals surface area contributed by atoms with Crippen molar-refractivity contribution in [1.29, 1.82) is 0 Å². The first-order valence-corrected chi connectivity index (χ1v) is 10.9. The Morgan fingerprint density at radius 2 is 1.32 bits per heavy atom. The Hall–Kier alpha value is -0.00364. The average Bonchev–Trinajstić information content (AvgIpc) is 2.65. The van der Waals surface area contributed by atoms with E-state index in [0.29, 0.717) is 6.42 Å². The van der Waals surface area contributed by atoms with Crippen LogP contribution >= 0.6 is 0 Å². The van der Waals surface area contributed by atoms with Gasteiger partial charge >= 0.3 is 63.3 Å². The minimum Gasteiger partial charge on any atom is -1.00 e. The molecule has 0 atom stereocenters. The summed E-state index contributed by atoms with van der Waals surface area (Å²) in [7, 11) is 0. The molecule has 0 aromatic heterocycles. The Bertz CT molecular complexity index is 459. The van der Waals surface area contributed by atoms with Gasteiger partial charge < -0.3 is 6.16 Å². The first kappa shape index (κ1) is 30.2. The van der Waals surface area contributed by atoms with Crippen molar-refractivity contribution in [2.75, 3.05) is 0 Å². The second-order valence-corrected chi connectivity index (χ2v) is 7.01. The van der Waals surface area contributed by atoms with Crippen molar-refractivity contribution < 1.29 is 67.1 Å². The van der Waals surface area contributed by atoms with Crippen LogP contribution in [0.2, 0.25) is 0 Å². The van der Waals surface area contributed by atoms with Crippen LogP contribution in [0.5, 0.6) is 0 Å². The van der Waals surface area contributed by atoms with Gasteiger partial charge in [0.1, 0.15) is 0 Å². The zero-order valence-electron chi connectivity index (χ0n) is 19.6. The summed E-state index contributed by atoms with van der Waals surface area (Å²) in [5.74, 6) is -1.02. The predicted molar refractivity (Wildman–Crippen MR) is 116 cm³/mol. The fourth-order valence-electron chi connectivity index (χ4n) is 2.78. The second-order valence-electron chi connectivity index (χ2n) is 7.01. The van der Waals surface area contributed by atoms with E-state index in [1.165, 1.54) is 63.9 Å². The van der Waals surface area contributed by atoms with Crippen molar-refractivity contribution in [3.8, 4) is 0 Å². The maximum atomic E-state index is 11.5. The maximum Gasteiger partial charge on any atom is 1.00 e. The Kier molecular flexibility index (Phi) is 27.0. The van der Waals surface area contributed by atoms with Crippen molar-refractivity contribution >= 4 is 11.9 Å². The van der Waals surface area contributed by atoms with Gasteiger partial charge in [0, 0.05) is 12.5 Å². The Morgan fingerprint density at radius 1 is 0.786 bits per heavy atom. The summed E-state index contributed by atoms with van der Waals surface area (Å²) in [6.45, 7) is 4.11. The largest absolute Gasteiger partial charge is 1.00 e. The number of esters is 2. The number of ether oxygens (including phenoxy) is 1. The maximum absolute atomic E-state index is 11.5. The molecule has 0 aromatic rings. The van der Waals surface area contributed by atoms with Crippen molar-refractivity contribution in [2.24, 2.45) is 0 Å². The number of rotatable bonds is 17. The third-order valence-corrected chi connectivity index (χ3v) is 4.39. The van der Waals surface area contributed by atoms with E-state index in [1.54, 1.807) is 18.2 Å². The Balaban J connectivity index is -0.00000338. The summed E-state index contributed by atoms with van der Waals surface area (Å²) >= 11 is 0. The van der Waals surface area contributed by atoms with Crippen LogP contribution in [0.4, 0.5) is 0 Å². The van der Waals surface area contributed by atoms with Crippen molar-refractivity contribution in [3.63, 3.8) is 0 Å². The molecule has 0 aliphatic rings. The molecule has 156 valence electrons. The first-order valence-electron chi connectivity index (χ1n) is 10.9. The van der Waals surface area contributed by atoms with Gasteiger partial charge in [0.2, 0.25) is 0 Å². The predicted octanol–water partition coefficient (Wildman–Crippen LogP) is 4.34. The third-order valence-electron chi connectivity index (χ3n) is 4.39. The molecule has 0 radical (unpaired) electrons. The minimum atomic E-state index is -0.592. The summed E-state index contributed by atoms with van der Waals surface area (Å²) in [5.41, 5.74) is 0. The van der Waals surface area contributed by atoms with Crippen LogP contribution in [-0.4, -0.2) is 11.9 Å². The molecule has 28 heavy (non-hydrogen) atoms. The molecule has 0 rings (SSSR count). The van der Waals surface area contributed by atoms with Crippen molar-refractivity contribution in [3.05, 3.63) is 36.5 Å². The smallest absolute Gasteiger partial charge is 1.00 e. The molecular formula is C24H41KO3. The summed E-state index contributed by atoms with van der Waals surface area (Å²) in [5, 5.41) is 0. The Morgan fingerprint density at radius 3 is 1.89 bits per heavy atom. The standard InChI is InChI=1S/C24H40O3.K.H/c1-3-5-7-8-9-10-11-12-13-14-15-16-17-18-20-22-24(26)27-23(25)21-19-6-4-2;;/h4,6,12-13,19,21H,3,5,7-11,14-18,20,22H2,1-2H3;;/q;+1;-1/b6-4+,13-12-,21-19+;;. The zero-order chi connectivity index (χ0) is 20.0.